The van der Waals surface area contributed by atoms with Crippen LogP contribution in [0.2, 0.25) is 0 Å². The average Bonchev–Trinajstić information content (AvgIpc) is 2.99. The van der Waals surface area contributed by atoms with Crippen molar-refractivity contribution < 1.29 is 19.0 Å². The summed E-state index contributed by atoms with van der Waals surface area (Å²) in [5, 5.41) is 0. The van der Waals surface area contributed by atoms with Crippen LogP contribution in [0, 0.1) is 5.92 Å². The van der Waals surface area contributed by atoms with Crippen LogP contribution in [0.5, 0.6) is 0 Å². The Balaban J connectivity index is 1.38. The van der Waals surface area contributed by atoms with E-state index in [1.807, 2.05) is 0 Å². The molecule has 3 aliphatic rings. The fourth-order valence-corrected chi connectivity index (χ4v) is 4.01. The van der Waals surface area contributed by atoms with Crippen molar-refractivity contribution in [3.05, 3.63) is 0 Å². The van der Waals surface area contributed by atoms with Gasteiger partial charge in [-0.15, -0.1) is 0 Å². The summed E-state index contributed by atoms with van der Waals surface area (Å²) >= 11 is 0. The van der Waals surface area contributed by atoms with Crippen molar-refractivity contribution in [1.29, 1.82) is 0 Å². The molecule has 0 saturated carbocycles. The lowest BCUT2D eigenvalue weighted by molar-refractivity contribution is -0.135. The normalized spacial score (nSPS) is 28.3. The van der Waals surface area contributed by atoms with Gasteiger partial charge in [0.1, 0.15) is 6.61 Å². The van der Waals surface area contributed by atoms with Gasteiger partial charge in [-0.1, -0.05) is 0 Å². The van der Waals surface area contributed by atoms with Crippen molar-refractivity contribution in [2.45, 2.75) is 43.8 Å². The quantitative estimate of drug-likeness (QED) is 0.751. The number of amides is 1. The van der Waals surface area contributed by atoms with Crippen LogP contribution in [0.15, 0.2) is 0 Å². The number of carbonyl (C=O) groups excluding carboxylic acids is 1. The number of likely N-dealkylation sites (tertiary alicyclic amines) is 1. The maximum absolute atomic E-state index is 11.6. The third-order valence-corrected chi connectivity index (χ3v) is 5.74. The van der Waals surface area contributed by atoms with Gasteiger partial charge in [0, 0.05) is 53.4 Å². The Morgan fingerprint density at radius 2 is 1.96 bits per heavy atom. The molecule has 3 aliphatic heterocycles. The maximum Gasteiger partial charge on any atom is 0.248 e. The highest BCUT2D eigenvalue weighted by Crippen LogP contribution is 2.37. The fraction of sp³-hybridized carbons (Fsp3) is 0.944. The first-order chi connectivity index (χ1) is 11.6. The van der Waals surface area contributed by atoms with Crippen molar-refractivity contribution in [2.24, 2.45) is 5.92 Å². The molecule has 3 fully saturated rings. The summed E-state index contributed by atoms with van der Waals surface area (Å²) in [7, 11) is 3.51. The van der Waals surface area contributed by atoms with E-state index in [4.69, 9.17) is 14.2 Å². The van der Waals surface area contributed by atoms with E-state index in [0.717, 1.165) is 51.5 Å². The first-order valence-corrected chi connectivity index (χ1v) is 9.32. The summed E-state index contributed by atoms with van der Waals surface area (Å²) in [5.41, 5.74) is -0.0159. The molecule has 0 radical (unpaired) electrons. The molecule has 24 heavy (non-hydrogen) atoms. The van der Waals surface area contributed by atoms with Crippen molar-refractivity contribution in [2.75, 3.05) is 60.2 Å². The highest BCUT2D eigenvalue weighted by atomic mass is 16.6. The van der Waals surface area contributed by atoms with Crippen LogP contribution >= 0.6 is 0 Å². The minimum absolute atomic E-state index is 0.0159. The lowest BCUT2D eigenvalue weighted by Gasteiger charge is -2.40. The maximum atomic E-state index is 11.6. The molecular formula is C18H32N2O4. The van der Waals surface area contributed by atoms with Crippen LogP contribution in [-0.4, -0.2) is 87.6 Å². The summed E-state index contributed by atoms with van der Waals surface area (Å²) in [4.78, 5) is 15.8. The molecular weight excluding hydrogens is 308 g/mol. The Kier molecular flexibility index (Phi) is 6.13. The second kappa shape index (κ2) is 8.13. The SMILES string of the molecule is CN(C)C(=O)CO[C@@H]1COC2(CCN(CC3CCOCC3)CC2)C1. The number of nitrogens with zero attached hydrogens (tertiary/aromatic N) is 2. The highest BCUT2D eigenvalue weighted by molar-refractivity contribution is 5.76. The van der Waals surface area contributed by atoms with Gasteiger partial charge in [-0.3, -0.25) is 4.79 Å². The smallest absolute Gasteiger partial charge is 0.248 e. The molecule has 3 heterocycles. The zero-order valence-corrected chi connectivity index (χ0v) is 15.2. The second-order valence-corrected chi connectivity index (χ2v) is 7.78. The average molecular weight is 340 g/mol. The minimum atomic E-state index is -0.0159. The van der Waals surface area contributed by atoms with Crippen molar-refractivity contribution in [3.63, 3.8) is 0 Å². The molecule has 1 atom stereocenters. The minimum Gasteiger partial charge on any atom is -0.381 e. The first kappa shape index (κ1) is 18.1. The van der Waals surface area contributed by atoms with Gasteiger partial charge in [-0.25, -0.2) is 0 Å². The Morgan fingerprint density at radius 3 is 2.62 bits per heavy atom. The Labute approximate surface area is 145 Å². The van der Waals surface area contributed by atoms with E-state index in [9.17, 15) is 4.79 Å². The number of rotatable bonds is 5. The third-order valence-electron chi connectivity index (χ3n) is 5.74. The number of hydrogen-bond donors (Lipinski definition) is 0. The van der Waals surface area contributed by atoms with E-state index in [2.05, 4.69) is 4.90 Å². The molecule has 0 N–H and O–H groups in total. The number of likely N-dealkylation sites (N-methyl/N-ethyl adjacent to an activating group) is 1. The Hall–Kier alpha value is -0.690. The molecule has 0 unspecified atom stereocenters. The van der Waals surface area contributed by atoms with Gasteiger partial charge in [0.05, 0.1) is 18.3 Å². The summed E-state index contributed by atoms with van der Waals surface area (Å²) in [6.07, 6.45) is 5.56. The Morgan fingerprint density at radius 1 is 1.25 bits per heavy atom. The first-order valence-electron chi connectivity index (χ1n) is 9.32. The summed E-state index contributed by atoms with van der Waals surface area (Å²) in [5.74, 6) is 0.813. The summed E-state index contributed by atoms with van der Waals surface area (Å²) in [6.45, 7) is 6.07. The second-order valence-electron chi connectivity index (χ2n) is 7.78. The molecule has 3 saturated heterocycles. The predicted octanol–water partition coefficient (Wildman–Crippen LogP) is 1.14. The molecule has 6 heteroatoms. The highest BCUT2D eigenvalue weighted by Gasteiger charge is 2.43. The number of hydrogen-bond acceptors (Lipinski definition) is 5. The molecule has 138 valence electrons. The lowest BCUT2D eigenvalue weighted by Crippen LogP contribution is -2.46. The number of piperidine rings is 1. The molecule has 0 aromatic rings. The predicted molar refractivity (Wildman–Crippen MR) is 91.0 cm³/mol. The number of carbonyl (C=O) groups is 1. The summed E-state index contributed by atoms with van der Waals surface area (Å²) < 4.78 is 17.3. The zero-order valence-electron chi connectivity index (χ0n) is 15.2. The molecule has 1 spiro atoms. The summed E-state index contributed by atoms with van der Waals surface area (Å²) in [6, 6.07) is 0. The van der Waals surface area contributed by atoms with E-state index in [-0.39, 0.29) is 24.2 Å². The van der Waals surface area contributed by atoms with Gasteiger partial charge in [0.15, 0.2) is 0 Å². The van der Waals surface area contributed by atoms with Crippen LogP contribution < -0.4 is 0 Å². The van der Waals surface area contributed by atoms with Crippen molar-refractivity contribution in [1.82, 2.24) is 9.80 Å². The fourth-order valence-electron chi connectivity index (χ4n) is 4.01. The standard InChI is InChI=1S/C18H32N2O4/c1-19(2)17(21)14-23-16-11-18(24-13-16)5-7-20(8-6-18)12-15-3-9-22-10-4-15/h15-16H,3-14H2,1-2H3/t16-/m0/s1. The van der Waals surface area contributed by atoms with Crippen LogP contribution in [-0.2, 0) is 19.0 Å². The molecule has 6 nitrogen and oxygen atoms in total. The van der Waals surface area contributed by atoms with Gasteiger partial charge >= 0.3 is 0 Å². The van der Waals surface area contributed by atoms with Gasteiger partial charge in [-0.2, -0.15) is 0 Å². The molecule has 3 rings (SSSR count). The monoisotopic (exact) mass is 340 g/mol. The molecule has 0 aliphatic carbocycles. The number of ether oxygens (including phenoxy) is 3. The van der Waals surface area contributed by atoms with Crippen LogP contribution in [0.25, 0.3) is 0 Å². The molecule has 0 aromatic heterocycles. The van der Waals surface area contributed by atoms with E-state index in [1.54, 1.807) is 19.0 Å². The van der Waals surface area contributed by atoms with Gasteiger partial charge < -0.3 is 24.0 Å². The van der Waals surface area contributed by atoms with Crippen LogP contribution in [0.3, 0.4) is 0 Å². The van der Waals surface area contributed by atoms with E-state index in [1.165, 1.54) is 19.4 Å². The van der Waals surface area contributed by atoms with E-state index < -0.39 is 0 Å². The van der Waals surface area contributed by atoms with Crippen LogP contribution in [0.1, 0.15) is 32.1 Å². The van der Waals surface area contributed by atoms with E-state index in [0.29, 0.717) is 6.61 Å². The molecule has 0 aromatic carbocycles. The molecule has 1 amide bonds. The van der Waals surface area contributed by atoms with E-state index >= 15 is 0 Å². The van der Waals surface area contributed by atoms with Crippen molar-refractivity contribution in [3.8, 4) is 0 Å². The zero-order chi connectivity index (χ0) is 17.0. The topological polar surface area (TPSA) is 51.2 Å². The molecule has 0 bridgehead atoms. The Bertz CT molecular complexity index is 415. The lowest BCUT2D eigenvalue weighted by atomic mass is 9.87. The van der Waals surface area contributed by atoms with Gasteiger partial charge in [0.25, 0.3) is 0 Å². The van der Waals surface area contributed by atoms with Crippen LogP contribution in [0.4, 0.5) is 0 Å². The van der Waals surface area contributed by atoms with Gasteiger partial charge in [-0.05, 0) is 31.6 Å². The third kappa shape index (κ3) is 4.69. The van der Waals surface area contributed by atoms with Gasteiger partial charge in [0.2, 0.25) is 5.91 Å². The van der Waals surface area contributed by atoms with Crippen molar-refractivity contribution >= 4 is 5.91 Å². The largest absolute Gasteiger partial charge is 0.381 e.